The number of nitrogens with one attached hydrogen (secondary N) is 1. The summed E-state index contributed by atoms with van der Waals surface area (Å²) in [4.78, 5) is 28.4. The lowest BCUT2D eigenvalue weighted by atomic mass is 10.2. The van der Waals surface area contributed by atoms with Crippen LogP contribution in [0, 0.1) is 5.82 Å². The SMILES string of the molecule is CCOc1ccccc1N1C(=O)C(Nc2ccc(F)cc2)=C(c2cccs2)C1=O. The van der Waals surface area contributed by atoms with Crippen molar-refractivity contribution < 1.29 is 18.7 Å². The molecule has 2 heterocycles. The third kappa shape index (κ3) is 3.52. The van der Waals surface area contributed by atoms with E-state index in [1.807, 2.05) is 18.4 Å². The molecule has 5 nitrogen and oxygen atoms in total. The van der Waals surface area contributed by atoms with Crippen LogP contribution in [0.4, 0.5) is 15.8 Å². The zero-order valence-corrected chi connectivity index (χ0v) is 16.3. The lowest BCUT2D eigenvalue weighted by Gasteiger charge is -2.18. The Morgan fingerprint density at radius 1 is 1.00 bits per heavy atom. The third-order valence-electron chi connectivity index (χ3n) is 4.37. The summed E-state index contributed by atoms with van der Waals surface area (Å²) >= 11 is 1.37. The zero-order valence-electron chi connectivity index (χ0n) is 15.5. The second-order valence-electron chi connectivity index (χ2n) is 6.21. The van der Waals surface area contributed by atoms with Crippen LogP contribution in [0.15, 0.2) is 71.7 Å². The van der Waals surface area contributed by atoms with E-state index in [2.05, 4.69) is 5.32 Å². The van der Waals surface area contributed by atoms with Crippen LogP contribution in [0.1, 0.15) is 11.8 Å². The number of carbonyl (C=O) groups excluding carboxylic acids is 2. The predicted octanol–water partition coefficient (Wildman–Crippen LogP) is 4.68. The van der Waals surface area contributed by atoms with Crippen molar-refractivity contribution in [1.29, 1.82) is 0 Å². The van der Waals surface area contributed by atoms with Gasteiger partial charge < -0.3 is 10.1 Å². The lowest BCUT2D eigenvalue weighted by molar-refractivity contribution is -0.120. The molecule has 0 unspecified atom stereocenters. The number of para-hydroxylation sites is 2. The quantitative estimate of drug-likeness (QED) is 0.602. The van der Waals surface area contributed by atoms with Crippen molar-refractivity contribution in [3.05, 3.63) is 82.4 Å². The number of carbonyl (C=O) groups is 2. The van der Waals surface area contributed by atoms with E-state index in [0.29, 0.717) is 28.6 Å². The third-order valence-corrected chi connectivity index (χ3v) is 5.26. The van der Waals surface area contributed by atoms with Gasteiger partial charge in [-0.05, 0) is 54.8 Å². The molecule has 1 N–H and O–H groups in total. The summed E-state index contributed by atoms with van der Waals surface area (Å²) < 4.78 is 18.9. The summed E-state index contributed by atoms with van der Waals surface area (Å²) in [6.07, 6.45) is 0. The van der Waals surface area contributed by atoms with Crippen LogP contribution < -0.4 is 15.0 Å². The van der Waals surface area contributed by atoms with Gasteiger partial charge in [-0.2, -0.15) is 0 Å². The molecule has 1 aliphatic rings. The maximum atomic E-state index is 13.3. The molecular formula is C22H17FN2O3S. The zero-order chi connectivity index (χ0) is 20.4. The highest BCUT2D eigenvalue weighted by atomic mass is 32.1. The number of thiophene rings is 1. The van der Waals surface area contributed by atoms with E-state index in [0.717, 1.165) is 4.90 Å². The topological polar surface area (TPSA) is 58.6 Å². The van der Waals surface area contributed by atoms with Crippen molar-refractivity contribution in [2.75, 3.05) is 16.8 Å². The maximum absolute atomic E-state index is 13.3. The van der Waals surface area contributed by atoms with Crippen molar-refractivity contribution in [2.45, 2.75) is 6.92 Å². The van der Waals surface area contributed by atoms with Crippen LogP contribution in [0.5, 0.6) is 5.75 Å². The minimum Gasteiger partial charge on any atom is -0.492 e. The number of anilines is 2. The molecule has 0 spiro atoms. The summed E-state index contributed by atoms with van der Waals surface area (Å²) in [5, 5.41) is 4.84. The first-order valence-corrected chi connectivity index (χ1v) is 9.89. The molecule has 29 heavy (non-hydrogen) atoms. The molecule has 1 aromatic heterocycles. The van der Waals surface area contributed by atoms with Gasteiger partial charge in [0.05, 0.1) is 17.9 Å². The van der Waals surface area contributed by atoms with E-state index in [1.54, 1.807) is 30.3 Å². The molecule has 0 aliphatic carbocycles. The number of imide groups is 1. The van der Waals surface area contributed by atoms with Crippen molar-refractivity contribution in [3.8, 4) is 5.75 Å². The predicted molar refractivity (Wildman–Crippen MR) is 111 cm³/mol. The normalized spacial score (nSPS) is 13.9. The van der Waals surface area contributed by atoms with E-state index in [4.69, 9.17) is 4.74 Å². The van der Waals surface area contributed by atoms with Crippen LogP contribution >= 0.6 is 11.3 Å². The first-order valence-electron chi connectivity index (χ1n) is 9.01. The highest BCUT2D eigenvalue weighted by Gasteiger charge is 2.41. The Morgan fingerprint density at radius 2 is 1.76 bits per heavy atom. The van der Waals surface area contributed by atoms with Crippen LogP contribution in [0.2, 0.25) is 0 Å². The largest absolute Gasteiger partial charge is 0.492 e. The summed E-state index contributed by atoms with van der Waals surface area (Å²) in [6, 6.07) is 16.1. The fraction of sp³-hybridized carbons (Fsp3) is 0.0909. The Balaban J connectivity index is 1.79. The number of ether oxygens (including phenoxy) is 1. The molecule has 146 valence electrons. The lowest BCUT2D eigenvalue weighted by Crippen LogP contribution is -2.32. The van der Waals surface area contributed by atoms with Crippen molar-refractivity contribution in [3.63, 3.8) is 0 Å². The number of benzene rings is 2. The molecule has 0 saturated carbocycles. The first-order chi connectivity index (χ1) is 14.1. The Kier molecular flexibility index (Phi) is 5.14. The van der Waals surface area contributed by atoms with Crippen LogP contribution in [-0.4, -0.2) is 18.4 Å². The van der Waals surface area contributed by atoms with Crippen molar-refractivity contribution in [1.82, 2.24) is 0 Å². The number of rotatable bonds is 6. The highest BCUT2D eigenvalue weighted by Crippen LogP contribution is 2.38. The highest BCUT2D eigenvalue weighted by molar-refractivity contribution is 7.11. The van der Waals surface area contributed by atoms with E-state index in [1.165, 1.54) is 35.6 Å². The fourth-order valence-corrected chi connectivity index (χ4v) is 3.88. The van der Waals surface area contributed by atoms with Crippen LogP contribution in [0.3, 0.4) is 0 Å². The van der Waals surface area contributed by atoms with Gasteiger partial charge in [-0.3, -0.25) is 9.59 Å². The van der Waals surface area contributed by atoms with Gasteiger partial charge in [-0.15, -0.1) is 11.3 Å². The molecule has 1 aliphatic heterocycles. The minimum atomic E-state index is -0.491. The van der Waals surface area contributed by atoms with Gasteiger partial charge in [0.15, 0.2) is 0 Å². The number of hydrogen-bond acceptors (Lipinski definition) is 5. The van der Waals surface area contributed by atoms with Gasteiger partial charge in [-0.1, -0.05) is 18.2 Å². The summed E-state index contributed by atoms with van der Waals surface area (Å²) in [5.41, 5.74) is 1.32. The molecule has 0 radical (unpaired) electrons. The van der Waals surface area contributed by atoms with E-state index >= 15 is 0 Å². The summed E-state index contributed by atoms with van der Waals surface area (Å²) in [6.45, 7) is 2.24. The van der Waals surface area contributed by atoms with Gasteiger partial charge in [0.1, 0.15) is 17.3 Å². The monoisotopic (exact) mass is 408 g/mol. The number of halogens is 1. The van der Waals surface area contributed by atoms with E-state index in [-0.39, 0.29) is 17.1 Å². The van der Waals surface area contributed by atoms with Crippen molar-refractivity contribution >= 4 is 40.1 Å². The van der Waals surface area contributed by atoms with E-state index < -0.39 is 11.8 Å². The Morgan fingerprint density at radius 3 is 2.45 bits per heavy atom. The first kappa shape index (κ1) is 18.9. The molecule has 0 fully saturated rings. The Hall–Kier alpha value is -3.45. The summed E-state index contributed by atoms with van der Waals surface area (Å²) in [5.74, 6) is -0.863. The molecule has 3 aromatic rings. The average Bonchev–Trinajstić information content (AvgIpc) is 3.32. The second kappa shape index (κ2) is 7.89. The van der Waals surface area contributed by atoms with Gasteiger partial charge >= 0.3 is 0 Å². The van der Waals surface area contributed by atoms with Gasteiger partial charge in [0.25, 0.3) is 11.8 Å². The fourth-order valence-electron chi connectivity index (χ4n) is 3.11. The van der Waals surface area contributed by atoms with Gasteiger partial charge in [0, 0.05) is 10.6 Å². The van der Waals surface area contributed by atoms with Gasteiger partial charge in [-0.25, -0.2) is 9.29 Å². The average molecular weight is 408 g/mol. The molecule has 0 atom stereocenters. The van der Waals surface area contributed by atoms with Gasteiger partial charge in [0.2, 0.25) is 0 Å². The maximum Gasteiger partial charge on any atom is 0.282 e. The van der Waals surface area contributed by atoms with Crippen LogP contribution in [0.25, 0.3) is 5.57 Å². The second-order valence-corrected chi connectivity index (χ2v) is 7.15. The molecule has 2 aromatic carbocycles. The Bertz CT molecular complexity index is 1090. The molecule has 7 heteroatoms. The molecule has 4 rings (SSSR count). The summed E-state index contributed by atoms with van der Waals surface area (Å²) in [7, 11) is 0. The smallest absolute Gasteiger partial charge is 0.282 e. The van der Waals surface area contributed by atoms with E-state index in [9.17, 15) is 14.0 Å². The number of amides is 2. The molecule has 2 amide bonds. The number of nitrogens with zero attached hydrogens (tertiary/aromatic N) is 1. The van der Waals surface area contributed by atoms with Crippen LogP contribution in [-0.2, 0) is 9.59 Å². The Labute approximate surface area is 171 Å². The standard InChI is InChI=1S/C22H17FN2O3S/c1-2-28-17-7-4-3-6-16(17)25-21(26)19(18-8-5-13-29-18)20(22(25)27)24-15-11-9-14(23)10-12-15/h3-13,24H,2H2,1H3. The molecule has 0 saturated heterocycles. The number of hydrogen-bond donors (Lipinski definition) is 1. The molecular weight excluding hydrogens is 391 g/mol. The van der Waals surface area contributed by atoms with Crippen molar-refractivity contribution in [2.24, 2.45) is 0 Å². The minimum absolute atomic E-state index is 0.148. The molecule has 0 bridgehead atoms.